The van der Waals surface area contributed by atoms with E-state index in [0.717, 1.165) is 0 Å². The van der Waals surface area contributed by atoms with Crippen molar-refractivity contribution in [3.8, 4) is 5.75 Å². The monoisotopic (exact) mass is 306 g/mol. The van der Waals surface area contributed by atoms with Crippen LogP contribution in [0.1, 0.15) is 0 Å². The number of hydrogen-bond donors (Lipinski definition) is 1. The highest BCUT2D eigenvalue weighted by Crippen LogP contribution is 2.32. The number of nitrogens with zero attached hydrogens (tertiary/aromatic N) is 1. The molecule has 21 heavy (non-hydrogen) atoms. The quantitative estimate of drug-likeness (QED) is 0.922. The van der Waals surface area contributed by atoms with Crippen LogP contribution in [0.15, 0.2) is 53.4 Å². The van der Waals surface area contributed by atoms with Crippen molar-refractivity contribution in [1.29, 1.82) is 0 Å². The Bertz CT molecular complexity index is 729. The van der Waals surface area contributed by atoms with Crippen LogP contribution in [0.2, 0.25) is 0 Å². The van der Waals surface area contributed by atoms with Crippen LogP contribution in [0.3, 0.4) is 0 Å². The van der Waals surface area contributed by atoms with Crippen LogP contribution in [0.5, 0.6) is 5.75 Å². The molecule has 0 atom stereocenters. The summed E-state index contributed by atoms with van der Waals surface area (Å²) in [7, 11) is 1.04. The first kappa shape index (κ1) is 15.2. The highest BCUT2D eigenvalue weighted by molar-refractivity contribution is 7.93. The number of ether oxygens (including phenoxy) is 1. The first-order valence-electron chi connectivity index (χ1n) is 6.41. The molecule has 0 saturated heterocycles. The summed E-state index contributed by atoms with van der Waals surface area (Å²) in [5.41, 5.74) is 1.05. The number of nitrogens with one attached hydrogen (secondary N) is 1. The van der Waals surface area contributed by atoms with Crippen LogP contribution in [0.25, 0.3) is 0 Å². The van der Waals surface area contributed by atoms with Gasteiger partial charge in [-0.15, -0.1) is 0 Å². The molecule has 0 unspecified atom stereocenters. The smallest absolute Gasteiger partial charge is 0.266 e. The van der Waals surface area contributed by atoms with Crippen LogP contribution in [-0.2, 0) is 10.0 Å². The van der Waals surface area contributed by atoms with Gasteiger partial charge in [0, 0.05) is 14.1 Å². The Morgan fingerprint density at radius 1 is 1.05 bits per heavy atom. The summed E-state index contributed by atoms with van der Waals surface area (Å²) in [4.78, 5) is 0.223. The molecule has 0 aromatic heterocycles. The number of sulfonamides is 1. The van der Waals surface area contributed by atoms with Gasteiger partial charge >= 0.3 is 0 Å². The highest BCUT2D eigenvalue weighted by atomic mass is 32.2. The van der Waals surface area contributed by atoms with Crippen molar-refractivity contribution in [2.45, 2.75) is 4.90 Å². The molecule has 2 aromatic carbocycles. The lowest BCUT2D eigenvalue weighted by molar-refractivity contribution is 0.416. The van der Waals surface area contributed by atoms with Gasteiger partial charge in [0.1, 0.15) is 10.6 Å². The third-order valence-electron chi connectivity index (χ3n) is 3.22. The summed E-state index contributed by atoms with van der Waals surface area (Å²) < 4.78 is 32.1. The Labute approximate surface area is 125 Å². The van der Waals surface area contributed by atoms with Crippen LogP contribution in [0, 0.1) is 0 Å². The summed E-state index contributed by atoms with van der Waals surface area (Å²) in [6.07, 6.45) is 0. The zero-order valence-electron chi connectivity index (χ0n) is 12.2. The number of anilines is 2. The van der Waals surface area contributed by atoms with E-state index in [-0.39, 0.29) is 4.90 Å². The number of benzene rings is 2. The van der Waals surface area contributed by atoms with Gasteiger partial charge in [-0.1, -0.05) is 24.3 Å². The topological polar surface area (TPSA) is 58.6 Å². The molecule has 5 nitrogen and oxygen atoms in total. The lowest BCUT2D eigenvalue weighted by Gasteiger charge is -2.22. The molecule has 0 bridgehead atoms. The van der Waals surface area contributed by atoms with E-state index >= 15 is 0 Å². The molecule has 0 aliphatic rings. The van der Waals surface area contributed by atoms with Gasteiger partial charge in [-0.3, -0.25) is 4.31 Å². The summed E-state index contributed by atoms with van der Waals surface area (Å²) in [5, 5.41) is 2.90. The summed E-state index contributed by atoms with van der Waals surface area (Å²) in [6, 6.07) is 13.8. The molecule has 2 rings (SSSR count). The van der Waals surface area contributed by atoms with Crippen molar-refractivity contribution in [3.05, 3.63) is 48.5 Å². The maximum atomic E-state index is 12.8. The lowest BCUT2D eigenvalue weighted by atomic mass is 10.3. The predicted octanol–water partition coefficient (Wildman–Crippen LogP) is 2.56. The number of rotatable bonds is 5. The van der Waals surface area contributed by atoms with E-state index in [2.05, 4.69) is 5.32 Å². The van der Waals surface area contributed by atoms with E-state index in [1.165, 1.54) is 18.5 Å². The van der Waals surface area contributed by atoms with E-state index in [1.807, 2.05) is 0 Å². The van der Waals surface area contributed by atoms with E-state index in [0.29, 0.717) is 17.1 Å². The van der Waals surface area contributed by atoms with Crippen LogP contribution >= 0.6 is 0 Å². The Kier molecular flexibility index (Phi) is 4.37. The van der Waals surface area contributed by atoms with Crippen LogP contribution < -0.4 is 14.4 Å². The molecular weight excluding hydrogens is 288 g/mol. The molecule has 2 aromatic rings. The first-order chi connectivity index (χ1) is 10.0. The largest absolute Gasteiger partial charge is 0.495 e. The molecular formula is C15H18N2O3S. The minimum atomic E-state index is -3.68. The molecule has 0 radical (unpaired) electrons. The Morgan fingerprint density at radius 2 is 1.67 bits per heavy atom. The zero-order chi connectivity index (χ0) is 15.5. The fourth-order valence-corrected chi connectivity index (χ4v) is 3.47. The van der Waals surface area contributed by atoms with Crippen LogP contribution in [0.4, 0.5) is 11.4 Å². The SMILES string of the molecule is CNc1ccccc1S(=O)(=O)N(C)c1ccccc1OC. The second-order valence-electron chi connectivity index (χ2n) is 4.39. The molecule has 0 fully saturated rings. The Hall–Kier alpha value is -2.21. The number of para-hydroxylation sites is 3. The molecule has 0 spiro atoms. The van der Waals surface area contributed by atoms with Crippen molar-refractivity contribution >= 4 is 21.4 Å². The summed E-state index contributed by atoms with van der Waals surface area (Å²) in [6.45, 7) is 0. The van der Waals surface area contributed by atoms with Gasteiger partial charge in [-0.25, -0.2) is 8.42 Å². The van der Waals surface area contributed by atoms with Crippen molar-refractivity contribution in [2.75, 3.05) is 30.8 Å². The molecule has 1 N–H and O–H groups in total. The molecule has 112 valence electrons. The van der Waals surface area contributed by atoms with E-state index in [1.54, 1.807) is 55.6 Å². The maximum absolute atomic E-state index is 12.8. The van der Waals surface area contributed by atoms with Gasteiger partial charge in [0.05, 0.1) is 18.5 Å². The predicted molar refractivity (Wildman–Crippen MR) is 84.6 cm³/mol. The van der Waals surface area contributed by atoms with Crippen molar-refractivity contribution < 1.29 is 13.2 Å². The fourth-order valence-electron chi connectivity index (χ4n) is 2.07. The van der Waals surface area contributed by atoms with E-state index < -0.39 is 10.0 Å². The van der Waals surface area contributed by atoms with E-state index in [9.17, 15) is 8.42 Å². The Morgan fingerprint density at radius 3 is 2.33 bits per heavy atom. The average molecular weight is 306 g/mol. The van der Waals surface area contributed by atoms with Gasteiger partial charge in [0.15, 0.2) is 0 Å². The minimum Gasteiger partial charge on any atom is -0.495 e. The van der Waals surface area contributed by atoms with Crippen molar-refractivity contribution in [2.24, 2.45) is 0 Å². The summed E-state index contributed by atoms with van der Waals surface area (Å²) in [5.74, 6) is 0.505. The van der Waals surface area contributed by atoms with Crippen molar-refractivity contribution in [3.63, 3.8) is 0 Å². The third kappa shape index (κ3) is 2.80. The van der Waals surface area contributed by atoms with Gasteiger partial charge in [0.2, 0.25) is 0 Å². The van der Waals surface area contributed by atoms with Crippen LogP contribution in [-0.4, -0.2) is 29.6 Å². The molecule has 0 amide bonds. The van der Waals surface area contributed by atoms with Gasteiger partial charge < -0.3 is 10.1 Å². The molecule has 0 saturated carbocycles. The lowest BCUT2D eigenvalue weighted by Crippen LogP contribution is -2.27. The molecule has 0 aliphatic carbocycles. The fraction of sp³-hybridized carbons (Fsp3) is 0.200. The normalized spacial score (nSPS) is 11.0. The first-order valence-corrected chi connectivity index (χ1v) is 7.85. The van der Waals surface area contributed by atoms with Crippen molar-refractivity contribution in [1.82, 2.24) is 0 Å². The second kappa shape index (κ2) is 6.05. The number of hydrogen-bond acceptors (Lipinski definition) is 4. The maximum Gasteiger partial charge on any atom is 0.266 e. The second-order valence-corrected chi connectivity index (χ2v) is 6.33. The third-order valence-corrected chi connectivity index (χ3v) is 5.05. The molecule has 6 heteroatoms. The van der Waals surface area contributed by atoms with E-state index in [4.69, 9.17) is 4.74 Å². The molecule has 0 heterocycles. The minimum absolute atomic E-state index is 0.223. The Balaban J connectivity index is 2.53. The number of methoxy groups -OCH3 is 1. The van der Waals surface area contributed by atoms with Gasteiger partial charge in [0.25, 0.3) is 10.0 Å². The average Bonchev–Trinajstić information content (AvgIpc) is 2.53. The van der Waals surface area contributed by atoms with Gasteiger partial charge in [-0.05, 0) is 24.3 Å². The molecule has 0 aliphatic heterocycles. The zero-order valence-corrected chi connectivity index (χ0v) is 13.0. The van der Waals surface area contributed by atoms with Gasteiger partial charge in [-0.2, -0.15) is 0 Å². The standard InChI is InChI=1S/C15H18N2O3S/c1-16-12-8-4-7-11-15(12)21(18,19)17(2)13-9-5-6-10-14(13)20-3/h4-11,16H,1-3H3. The summed E-state index contributed by atoms with van der Waals surface area (Å²) >= 11 is 0. The highest BCUT2D eigenvalue weighted by Gasteiger charge is 2.25.